The van der Waals surface area contributed by atoms with Gasteiger partial charge in [0.15, 0.2) is 0 Å². The first-order valence-corrected chi connectivity index (χ1v) is 5.57. The molecule has 0 N–H and O–H groups in total. The molecule has 0 radical (unpaired) electrons. The predicted molar refractivity (Wildman–Crippen MR) is 56.2 cm³/mol. The Kier molecular flexibility index (Phi) is 2.98. The Morgan fingerprint density at radius 2 is 1.42 bits per heavy atom. The second kappa shape index (κ2) is 3.64. The first kappa shape index (κ1) is 9.82. The number of aryl methyl sites for hydroxylation is 2. The molecule has 0 amide bonds. The monoisotopic (exact) mass is 228 g/mol. The molecular formula is C11H16Se. The van der Waals surface area contributed by atoms with Gasteiger partial charge in [-0.3, -0.25) is 0 Å². The van der Waals surface area contributed by atoms with Crippen molar-refractivity contribution in [2.24, 2.45) is 0 Å². The van der Waals surface area contributed by atoms with Crippen LogP contribution < -0.4 is 0 Å². The Hall–Kier alpha value is -0.261. The Balaban J connectivity index is 3.42. The summed E-state index contributed by atoms with van der Waals surface area (Å²) < 4.78 is 0. The fourth-order valence-corrected chi connectivity index (χ4v) is 2.53. The minimum absolute atomic E-state index is 1.09. The van der Waals surface area contributed by atoms with Gasteiger partial charge in [-0.05, 0) is 0 Å². The Labute approximate surface area is 83.2 Å². The Morgan fingerprint density at radius 3 is 1.75 bits per heavy atom. The van der Waals surface area contributed by atoms with E-state index in [4.69, 9.17) is 0 Å². The fourth-order valence-electron chi connectivity index (χ4n) is 1.54. The van der Waals surface area contributed by atoms with Crippen LogP contribution >= 0.6 is 0 Å². The van der Waals surface area contributed by atoms with E-state index in [1.54, 1.807) is 0 Å². The first-order valence-electron chi connectivity index (χ1n) is 4.25. The third-order valence-electron chi connectivity index (χ3n) is 2.68. The average Bonchev–Trinajstić information content (AvgIpc) is 2.02. The molecule has 0 aromatic heterocycles. The summed E-state index contributed by atoms with van der Waals surface area (Å²) in [5.74, 6) is 0. The number of hydrogen-bond acceptors (Lipinski definition) is 0. The molecule has 1 aromatic rings. The summed E-state index contributed by atoms with van der Waals surface area (Å²) in [4.78, 5) is 0. The van der Waals surface area contributed by atoms with Gasteiger partial charge in [0.25, 0.3) is 0 Å². The van der Waals surface area contributed by atoms with Crippen LogP contribution in [0.3, 0.4) is 0 Å². The molecule has 1 heteroatoms. The summed E-state index contributed by atoms with van der Waals surface area (Å²) in [5.41, 5.74) is 7.25. The Bertz CT molecular complexity index is 274. The quantitative estimate of drug-likeness (QED) is 0.646. The van der Waals surface area contributed by atoms with E-state index in [-0.39, 0.29) is 0 Å². The van der Waals surface area contributed by atoms with E-state index in [0.29, 0.717) is 0 Å². The normalized spacial score (nSPS) is 10.4. The summed E-state index contributed by atoms with van der Waals surface area (Å²) in [6.07, 6.45) is 0. The first-order chi connectivity index (χ1) is 5.57. The molecule has 0 nitrogen and oxygen atoms in total. The molecule has 12 heavy (non-hydrogen) atoms. The summed E-state index contributed by atoms with van der Waals surface area (Å²) in [5, 5.41) is 1.09. The number of benzene rings is 1. The van der Waals surface area contributed by atoms with Crippen molar-refractivity contribution in [3.05, 3.63) is 33.9 Å². The van der Waals surface area contributed by atoms with Crippen LogP contribution in [-0.2, 0) is 5.32 Å². The van der Waals surface area contributed by atoms with E-state index >= 15 is 0 Å². The molecule has 0 saturated heterocycles. The van der Waals surface area contributed by atoms with Crippen molar-refractivity contribution in [1.29, 1.82) is 0 Å². The third-order valence-corrected chi connectivity index (χ3v) is 3.34. The molecule has 1 aromatic carbocycles. The molecular weight excluding hydrogens is 211 g/mol. The van der Waals surface area contributed by atoms with Crippen molar-refractivity contribution in [1.82, 2.24) is 0 Å². The van der Waals surface area contributed by atoms with E-state index in [2.05, 4.69) is 49.8 Å². The van der Waals surface area contributed by atoms with Crippen molar-refractivity contribution in [2.45, 2.75) is 33.0 Å². The standard InChI is InChI=1S/C11H16Se/c1-7-5-8(2)10(4)11(6-12)9(7)3/h5,12H,6H2,1-4H3. The summed E-state index contributed by atoms with van der Waals surface area (Å²) in [6.45, 7) is 8.80. The Morgan fingerprint density at radius 1 is 1.00 bits per heavy atom. The molecule has 0 aliphatic heterocycles. The molecule has 66 valence electrons. The molecule has 0 bridgehead atoms. The minimum atomic E-state index is 1.09. The van der Waals surface area contributed by atoms with Crippen LogP contribution in [-0.4, -0.2) is 16.0 Å². The molecule has 0 saturated carbocycles. The van der Waals surface area contributed by atoms with Gasteiger partial charge in [-0.25, -0.2) is 0 Å². The van der Waals surface area contributed by atoms with Gasteiger partial charge < -0.3 is 0 Å². The van der Waals surface area contributed by atoms with Crippen molar-refractivity contribution in [3.8, 4) is 0 Å². The zero-order valence-corrected chi connectivity index (χ0v) is 10.1. The van der Waals surface area contributed by atoms with Crippen LogP contribution in [0.15, 0.2) is 6.07 Å². The van der Waals surface area contributed by atoms with Gasteiger partial charge in [-0.1, -0.05) is 0 Å². The molecule has 0 atom stereocenters. The summed E-state index contributed by atoms with van der Waals surface area (Å²) in [6, 6.07) is 2.27. The molecule has 0 spiro atoms. The third kappa shape index (κ3) is 1.57. The summed E-state index contributed by atoms with van der Waals surface area (Å²) in [7, 11) is 0. The van der Waals surface area contributed by atoms with Gasteiger partial charge in [-0.2, -0.15) is 0 Å². The van der Waals surface area contributed by atoms with Crippen molar-refractivity contribution < 1.29 is 0 Å². The fraction of sp³-hybridized carbons (Fsp3) is 0.455. The van der Waals surface area contributed by atoms with E-state index < -0.39 is 0 Å². The van der Waals surface area contributed by atoms with Gasteiger partial charge in [0.05, 0.1) is 0 Å². The van der Waals surface area contributed by atoms with E-state index in [0.717, 1.165) is 5.32 Å². The molecule has 0 aliphatic rings. The average molecular weight is 227 g/mol. The van der Waals surface area contributed by atoms with Gasteiger partial charge in [0.2, 0.25) is 0 Å². The number of rotatable bonds is 1. The van der Waals surface area contributed by atoms with Crippen LogP contribution in [0, 0.1) is 27.7 Å². The van der Waals surface area contributed by atoms with Crippen LogP contribution in [0.1, 0.15) is 27.8 Å². The van der Waals surface area contributed by atoms with Crippen molar-refractivity contribution >= 4 is 16.0 Å². The summed E-state index contributed by atoms with van der Waals surface area (Å²) >= 11 is 2.66. The molecule has 0 aliphatic carbocycles. The van der Waals surface area contributed by atoms with Crippen LogP contribution in [0.5, 0.6) is 0 Å². The molecule has 0 unspecified atom stereocenters. The maximum absolute atomic E-state index is 2.66. The van der Waals surface area contributed by atoms with Gasteiger partial charge in [0.1, 0.15) is 0 Å². The second-order valence-corrected chi connectivity index (χ2v) is 4.06. The second-order valence-electron chi connectivity index (χ2n) is 3.40. The van der Waals surface area contributed by atoms with Crippen LogP contribution in [0.2, 0.25) is 0 Å². The van der Waals surface area contributed by atoms with Crippen molar-refractivity contribution in [2.75, 3.05) is 0 Å². The zero-order valence-electron chi connectivity index (χ0n) is 8.23. The maximum atomic E-state index is 2.66. The van der Waals surface area contributed by atoms with Gasteiger partial charge in [-0.15, -0.1) is 0 Å². The van der Waals surface area contributed by atoms with Crippen molar-refractivity contribution in [3.63, 3.8) is 0 Å². The number of hydrogen-bond donors (Lipinski definition) is 0. The van der Waals surface area contributed by atoms with Gasteiger partial charge in [0, 0.05) is 0 Å². The van der Waals surface area contributed by atoms with Crippen LogP contribution in [0.25, 0.3) is 0 Å². The SMILES string of the molecule is Cc1cc(C)c(C)c(C[SeH])c1C. The molecule has 0 fully saturated rings. The molecule has 0 heterocycles. The van der Waals surface area contributed by atoms with E-state index in [1.165, 1.54) is 27.8 Å². The van der Waals surface area contributed by atoms with E-state index in [1.807, 2.05) is 0 Å². The zero-order chi connectivity index (χ0) is 9.30. The van der Waals surface area contributed by atoms with Gasteiger partial charge >= 0.3 is 82.9 Å². The van der Waals surface area contributed by atoms with Crippen LogP contribution in [0.4, 0.5) is 0 Å². The predicted octanol–water partition coefficient (Wildman–Crippen LogP) is 2.32. The van der Waals surface area contributed by atoms with E-state index in [9.17, 15) is 0 Å². The topological polar surface area (TPSA) is 0 Å². The molecule has 1 rings (SSSR count).